The lowest BCUT2D eigenvalue weighted by atomic mass is 9.88. The van der Waals surface area contributed by atoms with Crippen LogP contribution >= 0.6 is 0 Å². The number of nitrogens with zero attached hydrogens (tertiary/aromatic N) is 4. The zero-order valence-corrected chi connectivity index (χ0v) is 20.2. The number of amides is 2. The van der Waals surface area contributed by atoms with E-state index in [0.717, 1.165) is 25.7 Å². The van der Waals surface area contributed by atoms with Crippen molar-refractivity contribution in [1.29, 1.82) is 0 Å². The molecule has 3 heterocycles. The zero-order valence-electron chi connectivity index (χ0n) is 24.2. The minimum atomic E-state index is -2.64. The molecule has 2 atom stereocenters. The second-order valence-electron chi connectivity index (χ2n) is 9.50. The summed E-state index contributed by atoms with van der Waals surface area (Å²) in [7, 11) is 0. The highest BCUT2D eigenvalue weighted by atomic mass is 19.1. The van der Waals surface area contributed by atoms with Gasteiger partial charge in [0.1, 0.15) is 17.6 Å². The third kappa shape index (κ3) is 4.76. The molecule has 3 N–H and O–H groups in total. The molecule has 9 nitrogen and oxygen atoms in total. The molecule has 2 fully saturated rings. The minimum Gasteiger partial charge on any atom is -0.339 e. The molecule has 0 radical (unpaired) electrons. The van der Waals surface area contributed by atoms with Gasteiger partial charge in [-0.2, -0.15) is 14.6 Å². The Kier molecular flexibility index (Phi) is 5.35. The summed E-state index contributed by atoms with van der Waals surface area (Å²) in [6.45, 7) is 1.31. The number of aryl methyl sites for hydroxylation is 3. The Bertz CT molecular complexity index is 1400. The molecule has 2 aliphatic rings. The van der Waals surface area contributed by atoms with Crippen molar-refractivity contribution in [1.82, 2.24) is 30.3 Å². The molecule has 0 aliphatic heterocycles. The quantitative estimate of drug-likeness (QED) is 0.368. The summed E-state index contributed by atoms with van der Waals surface area (Å²) in [5.41, 5.74) is 0.752. The number of hydrogen-bond acceptors (Lipinski definition) is 5. The van der Waals surface area contributed by atoms with Gasteiger partial charge < -0.3 is 10.6 Å². The second kappa shape index (κ2) is 9.83. The van der Waals surface area contributed by atoms with Crippen LogP contribution in [-0.4, -0.2) is 42.8 Å². The second-order valence-corrected chi connectivity index (χ2v) is 9.50. The van der Waals surface area contributed by atoms with Gasteiger partial charge in [-0.25, -0.2) is 4.98 Å². The van der Waals surface area contributed by atoms with Gasteiger partial charge in [0.05, 0.1) is 5.69 Å². The summed E-state index contributed by atoms with van der Waals surface area (Å²) in [6, 6.07) is 3.56. The molecule has 0 spiro atoms. The number of aromatic amines is 1. The van der Waals surface area contributed by atoms with E-state index in [4.69, 9.17) is 5.48 Å². The average Bonchev–Trinajstić information content (AvgIpc) is 3.83. The molecule has 0 saturated heterocycles. The summed E-state index contributed by atoms with van der Waals surface area (Å²) < 4.78 is 47.7. The number of H-pyrrole nitrogens is 1. The van der Waals surface area contributed by atoms with Gasteiger partial charge in [-0.05, 0) is 81.9 Å². The minimum absolute atomic E-state index is 0.0314. The van der Waals surface area contributed by atoms with Crippen molar-refractivity contribution < 1.29 is 19.5 Å². The van der Waals surface area contributed by atoms with Crippen molar-refractivity contribution >= 4 is 17.6 Å². The van der Waals surface area contributed by atoms with Gasteiger partial charge in [0.25, 0.3) is 5.91 Å². The van der Waals surface area contributed by atoms with Crippen molar-refractivity contribution in [2.75, 3.05) is 5.32 Å². The maximum absolute atomic E-state index is 15.3. The summed E-state index contributed by atoms with van der Waals surface area (Å²) in [5.74, 6) is -1.23. The van der Waals surface area contributed by atoms with Gasteiger partial charge in [0.15, 0.2) is 0 Å². The fraction of sp³-hybridized carbons (Fsp3) is 0.500. The predicted octanol–water partition coefficient (Wildman–Crippen LogP) is 3.87. The first-order valence-electron chi connectivity index (χ1n) is 14.3. The molecule has 190 valence electrons. The Morgan fingerprint density at radius 1 is 1.28 bits per heavy atom. The summed E-state index contributed by atoms with van der Waals surface area (Å²) in [6.07, 6.45) is 3.86. The number of carbonyl (C=O) groups excluding carboxylic acids is 2. The number of halogens is 1. The lowest BCUT2D eigenvalue weighted by molar-refractivity contribution is -0.119. The van der Waals surface area contributed by atoms with Crippen molar-refractivity contribution in [3.05, 3.63) is 47.4 Å². The van der Waals surface area contributed by atoms with E-state index in [9.17, 15) is 9.59 Å². The molecule has 0 bridgehead atoms. The van der Waals surface area contributed by atoms with E-state index in [1.807, 2.05) is 6.92 Å². The fourth-order valence-corrected chi connectivity index (χ4v) is 5.01. The predicted molar refractivity (Wildman–Crippen MR) is 133 cm³/mol. The average molecular weight is 498 g/mol. The van der Waals surface area contributed by atoms with Crippen LogP contribution < -0.4 is 10.6 Å². The van der Waals surface area contributed by atoms with E-state index in [0.29, 0.717) is 29.8 Å². The highest BCUT2D eigenvalue weighted by molar-refractivity contribution is 6.00. The Labute approximate surface area is 214 Å². The Balaban J connectivity index is 1.39. The number of hydrogen-bond donors (Lipinski definition) is 3. The Morgan fingerprint density at radius 3 is 2.67 bits per heavy atom. The number of aromatic nitrogens is 5. The molecule has 3 aromatic heterocycles. The smallest absolute Gasteiger partial charge is 0.270 e. The van der Waals surface area contributed by atoms with Gasteiger partial charge >= 0.3 is 0 Å². The van der Waals surface area contributed by atoms with Crippen LogP contribution in [-0.2, 0) is 17.7 Å². The lowest BCUT2D eigenvalue weighted by Gasteiger charge is -2.27. The number of anilines is 1. The normalized spacial score (nSPS) is 19.1. The molecule has 2 saturated carbocycles. The third-order valence-electron chi connectivity index (χ3n) is 7.02. The maximum Gasteiger partial charge on any atom is 0.270 e. The van der Waals surface area contributed by atoms with Crippen LogP contribution in [0.15, 0.2) is 24.4 Å². The summed E-state index contributed by atoms with van der Waals surface area (Å²) >= 11 is 0. The summed E-state index contributed by atoms with van der Waals surface area (Å²) in [5, 5.41) is 16.3. The molecule has 36 heavy (non-hydrogen) atoms. The number of pyridine rings is 1. The molecule has 3 aromatic rings. The van der Waals surface area contributed by atoms with E-state index in [1.165, 1.54) is 18.3 Å². The molecule has 10 heteroatoms. The van der Waals surface area contributed by atoms with Gasteiger partial charge in [-0.3, -0.25) is 19.4 Å². The highest BCUT2D eigenvalue weighted by Gasteiger charge is 2.48. The van der Waals surface area contributed by atoms with E-state index in [2.05, 4.69) is 30.9 Å². The highest BCUT2D eigenvalue weighted by Crippen LogP contribution is 2.51. The Hall–Kier alpha value is -3.56. The molecular formula is C26H32FN7O2. The topological polar surface area (TPSA) is 118 Å². The van der Waals surface area contributed by atoms with E-state index < -0.39 is 37.1 Å². The van der Waals surface area contributed by atoms with Crippen LogP contribution in [0.3, 0.4) is 0 Å². The van der Waals surface area contributed by atoms with Crippen molar-refractivity contribution in [2.45, 2.75) is 65.4 Å². The maximum atomic E-state index is 15.3. The third-order valence-corrected chi connectivity index (χ3v) is 7.02. The molecule has 5 rings (SSSR count). The van der Waals surface area contributed by atoms with Crippen LogP contribution in [0, 0.1) is 30.6 Å². The standard InChI is InChI=1S/C26H32FN7O2/c1-4-18-21(14(3)32-33-18)17-10-11-20(29-24(17)27)30-26(36)23(22(15-6-7-15)16-8-9-16)31-25(35)19-12-13-28-34(19)5-2/h10-13,15-16,22-23H,4-9H2,1-3H3,(H,31,35)(H,32,33)(H,29,30,36)/t23-/m0/s1/i1D3,4D/t4?,23-. The number of nitrogens with one attached hydrogen (secondary N) is 3. The van der Waals surface area contributed by atoms with Gasteiger partial charge in [0, 0.05) is 35.0 Å². The van der Waals surface area contributed by atoms with Crippen molar-refractivity contribution in [3.8, 4) is 11.1 Å². The van der Waals surface area contributed by atoms with Gasteiger partial charge in [-0.15, -0.1) is 0 Å². The zero-order chi connectivity index (χ0) is 28.8. The molecular weight excluding hydrogens is 461 g/mol. The van der Waals surface area contributed by atoms with Crippen LogP contribution in [0.1, 0.15) is 66.8 Å². The SMILES string of the molecule is [2H]C(c1[nH]nc(C)c1-c1ccc(NC(=O)[C@@H](NC(=O)c2ccnn2CC)C(C2CC2)C2CC2)nc1F)C([2H])([2H])[2H]. The number of rotatable bonds is 10. The first kappa shape index (κ1) is 19.6. The fourth-order valence-electron chi connectivity index (χ4n) is 5.01. The Morgan fingerprint density at radius 2 is 2.03 bits per heavy atom. The van der Waals surface area contributed by atoms with Crippen LogP contribution in [0.25, 0.3) is 11.1 Å². The van der Waals surface area contributed by atoms with Crippen LogP contribution in [0.2, 0.25) is 0 Å². The summed E-state index contributed by atoms with van der Waals surface area (Å²) in [4.78, 5) is 30.7. The lowest BCUT2D eigenvalue weighted by Crippen LogP contribution is -2.50. The van der Waals surface area contributed by atoms with Gasteiger partial charge in [0.2, 0.25) is 11.9 Å². The first-order chi connectivity index (χ1) is 19.0. The van der Waals surface area contributed by atoms with E-state index >= 15 is 4.39 Å². The van der Waals surface area contributed by atoms with Crippen molar-refractivity contribution in [2.24, 2.45) is 17.8 Å². The van der Waals surface area contributed by atoms with Crippen LogP contribution in [0.4, 0.5) is 10.2 Å². The van der Waals surface area contributed by atoms with E-state index in [-0.39, 0.29) is 28.6 Å². The molecule has 1 unspecified atom stereocenters. The molecule has 2 aliphatic carbocycles. The monoisotopic (exact) mass is 497 g/mol. The van der Waals surface area contributed by atoms with E-state index in [1.54, 1.807) is 17.7 Å². The van der Waals surface area contributed by atoms with Crippen molar-refractivity contribution in [3.63, 3.8) is 0 Å². The van der Waals surface area contributed by atoms with Gasteiger partial charge in [-0.1, -0.05) is 6.85 Å². The van der Waals surface area contributed by atoms with Crippen LogP contribution in [0.5, 0.6) is 0 Å². The largest absolute Gasteiger partial charge is 0.339 e. The number of carbonyl (C=O) groups is 2. The molecule has 0 aromatic carbocycles. The first-order valence-corrected chi connectivity index (χ1v) is 12.3. The molecule has 2 amide bonds.